The minimum absolute atomic E-state index is 0.173. The highest BCUT2D eigenvalue weighted by molar-refractivity contribution is 8.16. The fourth-order valence-electron chi connectivity index (χ4n) is 3.08. The Balaban J connectivity index is 2.42. The summed E-state index contributed by atoms with van der Waals surface area (Å²) in [7, 11) is 2.78. The summed E-state index contributed by atoms with van der Waals surface area (Å²) in [5.41, 5.74) is 2.24. The van der Waals surface area contributed by atoms with Gasteiger partial charge in [-0.15, -0.1) is 0 Å². The number of benzene rings is 1. The fourth-order valence-corrected chi connectivity index (χ4v) is 3.95. The number of nitrogens with one attached hydrogen (secondary N) is 1. The molecule has 0 heterocycles. The number of amides is 1. The van der Waals surface area contributed by atoms with Gasteiger partial charge in [0.1, 0.15) is 6.04 Å². The number of ether oxygens (including phenoxy) is 1. The van der Waals surface area contributed by atoms with Crippen LogP contribution >= 0.6 is 10.7 Å². The predicted octanol–water partition coefficient (Wildman–Crippen LogP) is 3.56. The number of carbonyl (C=O) groups excluding carboxylic acids is 2. The van der Waals surface area contributed by atoms with E-state index < -0.39 is 27.0 Å². The van der Waals surface area contributed by atoms with Crippen LogP contribution in [-0.2, 0) is 23.4 Å². The van der Waals surface area contributed by atoms with Gasteiger partial charge in [0.05, 0.1) is 7.11 Å². The molecule has 0 spiro atoms. The Morgan fingerprint density at radius 3 is 2.41 bits per heavy atom. The summed E-state index contributed by atoms with van der Waals surface area (Å²) in [5, 5.41) is 3.72. The van der Waals surface area contributed by atoms with Crippen molar-refractivity contribution < 1.29 is 22.7 Å². The molecule has 6 nitrogen and oxygen atoms in total. The summed E-state index contributed by atoms with van der Waals surface area (Å²) >= 11 is 0. The fraction of sp³-hybridized carbons (Fsp3) is 0.333. The number of hydrogen-bond acceptors (Lipinski definition) is 5. The number of methoxy groups -OCH3 is 1. The molecule has 1 aromatic carbocycles. The van der Waals surface area contributed by atoms with E-state index in [-0.39, 0.29) is 12.3 Å². The van der Waals surface area contributed by atoms with Crippen LogP contribution in [-0.4, -0.2) is 33.4 Å². The van der Waals surface area contributed by atoms with Crippen molar-refractivity contribution in [3.8, 4) is 0 Å². The molecular formula is C21H24ClNO5S. The summed E-state index contributed by atoms with van der Waals surface area (Å²) in [6.07, 6.45) is 3.73. The largest absolute Gasteiger partial charge is 0.467 e. The number of rotatable bonds is 7. The molecule has 156 valence electrons. The maximum atomic E-state index is 13.0. The summed E-state index contributed by atoms with van der Waals surface area (Å²) in [5.74, 6) is -0.765. The van der Waals surface area contributed by atoms with Crippen molar-refractivity contribution in [2.75, 3.05) is 7.11 Å². The van der Waals surface area contributed by atoms with Crippen LogP contribution in [0.1, 0.15) is 32.3 Å². The summed E-state index contributed by atoms with van der Waals surface area (Å²) in [4.78, 5) is 25.1. The van der Waals surface area contributed by atoms with Crippen molar-refractivity contribution in [3.63, 3.8) is 0 Å². The van der Waals surface area contributed by atoms with Crippen molar-refractivity contribution in [1.82, 2.24) is 5.32 Å². The molecule has 0 bridgehead atoms. The average molecular weight is 438 g/mol. The van der Waals surface area contributed by atoms with E-state index in [0.717, 1.165) is 11.0 Å². The van der Waals surface area contributed by atoms with Crippen molar-refractivity contribution in [1.29, 1.82) is 0 Å². The summed E-state index contributed by atoms with van der Waals surface area (Å²) < 4.78 is 27.7. The predicted molar refractivity (Wildman–Crippen MR) is 113 cm³/mol. The summed E-state index contributed by atoms with van der Waals surface area (Å²) in [6.45, 7) is 3.89. The van der Waals surface area contributed by atoms with Crippen LogP contribution in [0.2, 0.25) is 0 Å². The Morgan fingerprint density at radius 2 is 1.86 bits per heavy atom. The molecule has 1 aromatic rings. The molecule has 0 saturated heterocycles. The average Bonchev–Trinajstić information content (AvgIpc) is 2.65. The highest BCUT2D eigenvalue weighted by Crippen LogP contribution is 2.32. The van der Waals surface area contributed by atoms with E-state index in [1.54, 1.807) is 6.08 Å². The van der Waals surface area contributed by atoms with Gasteiger partial charge in [-0.05, 0) is 41.5 Å². The standard InChI is InChI=1S/C21H24ClNO5S/c1-14(2)11-19(21(25)28-3)23-20(24)17-10-9-15(13-29(22,26)27)12-18(17)16-7-5-4-6-8-16/h4-10,13-14,19H,11-12H2,1-3H3,(H,23,24)/t19-/m0/s1. The third-order valence-electron chi connectivity index (χ3n) is 4.33. The summed E-state index contributed by atoms with van der Waals surface area (Å²) in [6, 6.07) is 8.40. The first kappa shape index (κ1) is 22.9. The lowest BCUT2D eigenvalue weighted by molar-refractivity contribution is -0.145. The molecule has 1 amide bonds. The van der Waals surface area contributed by atoms with Crippen LogP contribution in [0, 0.1) is 5.92 Å². The number of allylic oxidation sites excluding steroid dienone is 3. The van der Waals surface area contributed by atoms with E-state index in [1.165, 1.54) is 13.2 Å². The van der Waals surface area contributed by atoms with Crippen LogP contribution in [0.3, 0.4) is 0 Å². The van der Waals surface area contributed by atoms with E-state index in [2.05, 4.69) is 5.32 Å². The first-order chi connectivity index (χ1) is 13.6. The maximum absolute atomic E-state index is 13.0. The molecule has 0 unspecified atom stereocenters. The number of halogens is 1. The Kier molecular flexibility index (Phi) is 7.81. The van der Waals surface area contributed by atoms with Gasteiger partial charge >= 0.3 is 5.97 Å². The lowest BCUT2D eigenvalue weighted by Gasteiger charge is -2.22. The smallest absolute Gasteiger partial charge is 0.328 e. The second kappa shape index (κ2) is 9.89. The third-order valence-corrected chi connectivity index (χ3v) is 5.18. The lowest BCUT2D eigenvalue weighted by Crippen LogP contribution is -2.43. The molecule has 0 aliphatic heterocycles. The highest BCUT2D eigenvalue weighted by Gasteiger charge is 2.26. The Hall–Kier alpha value is -2.38. The molecule has 1 N–H and O–H groups in total. The van der Waals surface area contributed by atoms with Crippen molar-refractivity contribution >= 4 is 37.2 Å². The highest BCUT2D eigenvalue weighted by atomic mass is 35.7. The SMILES string of the molecule is COC(=O)[C@H](CC(C)C)NC(=O)C1=C(c2ccccc2)CC(=CS(=O)(=O)Cl)C=C1. The van der Waals surface area contributed by atoms with Gasteiger partial charge in [0, 0.05) is 21.7 Å². The van der Waals surface area contributed by atoms with Crippen LogP contribution in [0.4, 0.5) is 0 Å². The molecule has 1 aliphatic rings. The van der Waals surface area contributed by atoms with Crippen molar-refractivity contribution in [3.05, 3.63) is 64.6 Å². The molecule has 0 saturated carbocycles. The van der Waals surface area contributed by atoms with E-state index >= 15 is 0 Å². The molecule has 0 aromatic heterocycles. The molecule has 1 aliphatic carbocycles. The monoisotopic (exact) mass is 437 g/mol. The molecular weight excluding hydrogens is 414 g/mol. The van der Waals surface area contributed by atoms with Gasteiger partial charge in [0.25, 0.3) is 15.0 Å². The van der Waals surface area contributed by atoms with Crippen LogP contribution < -0.4 is 5.32 Å². The van der Waals surface area contributed by atoms with E-state index in [9.17, 15) is 18.0 Å². The first-order valence-electron chi connectivity index (χ1n) is 9.11. The second-order valence-electron chi connectivity index (χ2n) is 7.12. The zero-order chi connectivity index (χ0) is 21.6. The van der Waals surface area contributed by atoms with Crippen molar-refractivity contribution in [2.45, 2.75) is 32.7 Å². The molecule has 1 atom stereocenters. The number of esters is 1. The zero-order valence-corrected chi connectivity index (χ0v) is 18.1. The zero-order valence-electron chi connectivity index (χ0n) is 16.5. The van der Waals surface area contributed by atoms with Crippen LogP contribution in [0.25, 0.3) is 5.57 Å². The van der Waals surface area contributed by atoms with Crippen molar-refractivity contribution in [2.24, 2.45) is 5.92 Å². The molecule has 8 heteroatoms. The topological polar surface area (TPSA) is 89.5 Å². The van der Waals surface area contributed by atoms with Gasteiger partial charge < -0.3 is 10.1 Å². The first-order valence-corrected chi connectivity index (χ1v) is 11.5. The lowest BCUT2D eigenvalue weighted by atomic mass is 9.89. The van der Waals surface area contributed by atoms with E-state index in [1.807, 2.05) is 44.2 Å². The van der Waals surface area contributed by atoms with Gasteiger partial charge in [0.15, 0.2) is 0 Å². The Bertz CT molecular complexity index is 962. The molecule has 2 rings (SSSR count). The van der Waals surface area contributed by atoms with E-state index in [4.69, 9.17) is 15.4 Å². The third kappa shape index (κ3) is 6.87. The minimum atomic E-state index is -3.84. The number of hydrogen-bond donors (Lipinski definition) is 1. The van der Waals surface area contributed by atoms with Gasteiger partial charge in [-0.2, -0.15) is 0 Å². The second-order valence-corrected chi connectivity index (χ2v) is 9.59. The molecule has 0 radical (unpaired) electrons. The Labute approximate surface area is 175 Å². The Morgan fingerprint density at radius 1 is 1.21 bits per heavy atom. The minimum Gasteiger partial charge on any atom is -0.467 e. The van der Waals surface area contributed by atoms with Gasteiger partial charge in [-0.1, -0.05) is 50.3 Å². The number of carbonyl (C=O) groups is 2. The van der Waals surface area contributed by atoms with E-state index in [0.29, 0.717) is 23.1 Å². The normalized spacial score (nSPS) is 16.8. The molecule has 29 heavy (non-hydrogen) atoms. The van der Waals surface area contributed by atoms with Gasteiger partial charge in [-0.25, -0.2) is 13.2 Å². The van der Waals surface area contributed by atoms with Gasteiger partial charge in [0.2, 0.25) is 0 Å². The van der Waals surface area contributed by atoms with Gasteiger partial charge in [-0.3, -0.25) is 4.79 Å². The maximum Gasteiger partial charge on any atom is 0.328 e. The van der Waals surface area contributed by atoms with Crippen LogP contribution in [0.5, 0.6) is 0 Å². The quantitative estimate of drug-likeness (QED) is 0.520. The molecule has 0 fully saturated rings. The van der Waals surface area contributed by atoms with Crippen LogP contribution in [0.15, 0.2) is 59.0 Å².